The van der Waals surface area contributed by atoms with Gasteiger partial charge in [0.1, 0.15) is 12.4 Å². The highest BCUT2D eigenvalue weighted by atomic mass is 79.9. The van der Waals surface area contributed by atoms with Gasteiger partial charge in [-0.1, -0.05) is 64.5 Å². The van der Waals surface area contributed by atoms with E-state index in [4.69, 9.17) is 4.74 Å². The highest BCUT2D eigenvalue weighted by Gasteiger charge is 2.03. The lowest BCUT2D eigenvalue weighted by Crippen LogP contribution is -1.94. The zero-order valence-electron chi connectivity index (χ0n) is 12.4. The predicted molar refractivity (Wildman–Crippen MR) is 95.1 cm³/mol. The van der Waals surface area contributed by atoms with Crippen molar-refractivity contribution in [1.82, 2.24) is 0 Å². The van der Waals surface area contributed by atoms with E-state index in [9.17, 15) is 0 Å². The molecular formula is C20H17BrO. The molecule has 2 heteroatoms. The maximum Gasteiger partial charge on any atom is 0.119 e. The summed E-state index contributed by atoms with van der Waals surface area (Å²) in [6.45, 7) is 2.72. The molecule has 0 spiro atoms. The Morgan fingerprint density at radius 3 is 2.27 bits per heavy atom. The van der Waals surface area contributed by atoms with E-state index in [1.54, 1.807) is 0 Å². The van der Waals surface area contributed by atoms with Crippen LogP contribution in [-0.4, -0.2) is 0 Å². The van der Waals surface area contributed by atoms with E-state index in [1.807, 2.05) is 30.3 Å². The van der Waals surface area contributed by atoms with E-state index >= 15 is 0 Å². The fraction of sp³-hybridized carbons (Fsp3) is 0.100. The number of aryl methyl sites for hydroxylation is 1. The Labute approximate surface area is 139 Å². The molecule has 0 N–H and O–H groups in total. The normalized spacial score (nSPS) is 10.5. The Morgan fingerprint density at radius 2 is 1.59 bits per heavy atom. The van der Waals surface area contributed by atoms with Gasteiger partial charge in [0, 0.05) is 4.47 Å². The summed E-state index contributed by atoms with van der Waals surface area (Å²) in [5.41, 5.74) is 4.89. The second-order valence-corrected chi connectivity index (χ2v) is 6.17. The monoisotopic (exact) mass is 352 g/mol. The van der Waals surface area contributed by atoms with Crippen molar-refractivity contribution in [2.75, 3.05) is 0 Å². The van der Waals surface area contributed by atoms with Gasteiger partial charge in [0.25, 0.3) is 0 Å². The van der Waals surface area contributed by atoms with Crippen molar-refractivity contribution in [2.24, 2.45) is 0 Å². The summed E-state index contributed by atoms with van der Waals surface area (Å²) in [6, 6.07) is 24.8. The Hall–Kier alpha value is -2.06. The highest BCUT2D eigenvalue weighted by Crippen LogP contribution is 2.27. The number of hydrogen-bond acceptors (Lipinski definition) is 1. The number of benzene rings is 3. The van der Waals surface area contributed by atoms with E-state index in [0.717, 1.165) is 10.2 Å². The lowest BCUT2D eigenvalue weighted by Gasteiger charge is -2.09. The quantitative estimate of drug-likeness (QED) is 0.559. The summed E-state index contributed by atoms with van der Waals surface area (Å²) in [6.07, 6.45) is 0. The molecule has 0 amide bonds. The first-order valence-electron chi connectivity index (χ1n) is 7.26. The zero-order chi connectivity index (χ0) is 15.4. The standard InChI is InChI=1S/C20H17BrO/c1-15-13-18(21)9-12-20(15)17-7-10-19(11-8-17)22-14-16-5-3-2-4-6-16/h2-13H,14H2,1H3. The van der Waals surface area contributed by atoms with Crippen molar-refractivity contribution >= 4 is 15.9 Å². The van der Waals surface area contributed by atoms with Crippen molar-refractivity contribution in [3.63, 3.8) is 0 Å². The maximum atomic E-state index is 5.82. The molecule has 22 heavy (non-hydrogen) atoms. The number of rotatable bonds is 4. The fourth-order valence-corrected chi connectivity index (χ4v) is 2.90. The molecule has 0 aromatic heterocycles. The van der Waals surface area contributed by atoms with Gasteiger partial charge in [-0.25, -0.2) is 0 Å². The molecule has 0 radical (unpaired) electrons. The van der Waals surface area contributed by atoms with Crippen LogP contribution in [0.2, 0.25) is 0 Å². The second kappa shape index (κ2) is 6.80. The molecule has 3 rings (SSSR count). The van der Waals surface area contributed by atoms with Crippen LogP contribution in [0.15, 0.2) is 77.3 Å². The van der Waals surface area contributed by atoms with Crippen LogP contribution in [0.3, 0.4) is 0 Å². The number of hydrogen-bond donors (Lipinski definition) is 0. The minimum atomic E-state index is 0.595. The Kier molecular flexibility index (Phi) is 4.59. The smallest absolute Gasteiger partial charge is 0.119 e. The SMILES string of the molecule is Cc1cc(Br)ccc1-c1ccc(OCc2ccccc2)cc1. The van der Waals surface area contributed by atoms with Crippen LogP contribution in [0, 0.1) is 6.92 Å². The van der Waals surface area contributed by atoms with E-state index in [2.05, 4.69) is 65.3 Å². The number of ether oxygens (including phenoxy) is 1. The molecule has 0 saturated heterocycles. The molecule has 0 aliphatic rings. The highest BCUT2D eigenvalue weighted by molar-refractivity contribution is 9.10. The fourth-order valence-electron chi connectivity index (χ4n) is 2.42. The van der Waals surface area contributed by atoms with Crippen LogP contribution < -0.4 is 4.74 Å². The summed E-state index contributed by atoms with van der Waals surface area (Å²) in [7, 11) is 0. The summed E-state index contributed by atoms with van der Waals surface area (Å²) in [4.78, 5) is 0. The molecular weight excluding hydrogens is 336 g/mol. The molecule has 0 saturated carbocycles. The Bertz CT molecular complexity index is 748. The van der Waals surface area contributed by atoms with Crippen molar-refractivity contribution < 1.29 is 4.74 Å². The van der Waals surface area contributed by atoms with Gasteiger partial charge in [-0.2, -0.15) is 0 Å². The summed E-state index contributed by atoms with van der Waals surface area (Å²) in [5, 5.41) is 0. The summed E-state index contributed by atoms with van der Waals surface area (Å²) >= 11 is 3.50. The molecule has 110 valence electrons. The predicted octanol–water partition coefficient (Wildman–Crippen LogP) is 6.00. The topological polar surface area (TPSA) is 9.23 Å². The van der Waals surface area contributed by atoms with E-state index in [1.165, 1.54) is 22.3 Å². The Balaban J connectivity index is 1.72. The van der Waals surface area contributed by atoms with E-state index in [0.29, 0.717) is 6.61 Å². The zero-order valence-corrected chi connectivity index (χ0v) is 14.0. The van der Waals surface area contributed by atoms with E-state index in [-0.39, 0.29) is 0 Å². The van der Waals surface area contributed by atoms with Crippen LogP contribution in [0.4, 0.5) is 0 Å². The van der Waals surface area contributed by atoms with Crippen molar-refractivity contribution in [2.45, 2.75) is 13.5 Å². The van der Waals surface area contributed by atoms with Gasteiger partial charge in [0.15, 0.2) is 0 Å². The average molecular weight is 353 g/mol. The van der Waals surface area contributed by atoms with Crippen molar-refractivity contribution in [1.29, 1.82) is 0 Å². The van der Waals surface area contributed by atoms with Crippen molar-refractivity contribution in [3.05, 3.63) is 88.4 Å². The van der Waals surface area contributed by atoms with Gasteiger partial charge in [0.2, 0.25) is 0 Å². The minimum absolute atomic E-state index is 0.595. The van der Waals surface area contributed by atoms with Gasteiger partial charge < -0.3 is 4.74 Å². The van der Waals surface area contributed by atoms with Gasteiger partial charge in [0.05, 0.1) is 0 Å². The summed E-state index contributed by atoms with van der Waals surface area (Å²) in [5.74, 6) is 0.891. The molecule has 3 aromatic carbocycles. The van der Waals surface area contributed by atoms with Crippen molar-refractivity contribution in [3.8, 4) is 16.9 Å². The second-order valence-electron chi connectivity index (χ2n) is 5.26. The molecule has 0 aliphatic carbocycles. The van der Waals surface area contributed by atoms with Gasteiger partial charge in [-0.05, 0) is 53.4 Å². The molecule has 0 bridgehead atoms. The minimum Gasteiger partial charge on any atom is -0.489 e. The third-order valence-corrected chi connectivity index (χ3v) is 4.10. The van der Waals surface area contributed by atoms with Crippen LogP contribution >= 0.6 is 15.9 Å². The lowest BCUT2D eigenvalue weighted by atomic mass is 10.0. The van der Waals surface area contributed by atoms with Gasteiger partial charge in [-0.15, -0.1) is 0 Å². The summed E-state index contributed by atoms with van der Waals surface area (Å²) < 4.78 is 6.93. The third-order valence-electron chi connectivity index (χ3n) is 3.60. The molecule has 0 aliphatic heterocycles. The first-order valence-corrected chi connectivity index (χ1v) is 8.05. The van der Waals surface area contributed by atoms with Crippen LogP contribution in [-0.2, 0) is 6.61 Å². The third kappa shape index (κ3) is 3.58. The molecule has 0 heterocycles. The Morgan fingerprint density at radius 1 is 0.864 bits per heavy atom. The number of halogens is 1. The van der Waals surface area contributed by atoms with Crippen LogP contribution in [0.25, 0.3) is 11.1 Å². The molecule has 1 nitrogen and oxygen atoms in total. The molecule has 3 aromatic rings. The van der Waals surface area contributed by atoms with Crippen LogP contribution in [0.1, 0.15) is 11.1 Å². The molecule has 0 unspecified atom stereocenters. The first-order chi connectivity index (χ1) is 10.7. The first kappa shape index (κ1) is 14.9. The lowest BCUT2D eigenvalue weighted by molar-refractivity contribution is 0.306. The largest absolute Gasteiger partial charge is 0.489 e. The van der Waals surface area contributed by atoms with Crippen LogP contribution in [0.5, 0.6) is 5.75 Å². The molecule has 0 atom stereocenters. The maximum absolute atomic E-state index is 5.82. The van der Waals surface area contributed by atoms with E-state index < -0.39 is 0 Å². The van der Waals surface area contributed by atoms with Gasteiger partial charge >= 0.3 is 0 Å². The molecule has 0 fully saturated rings. The average Bonchev–Trinajstić information content (AvgIpc) is 2.55. The van der Waals surface area contributed by atoms with Gasteiger partial charge in [-0.3, -0.25) is 0 Å².